The standard InChI is InChI=1S/C20H19N7/c1-12-11-13(2)27-20(22-12)23-17(25-27)8-9-18-24-19-14-5-4-10-21-15(14)6-7-16(19)26(18)3/h4-7,10-11H,8-9H2,1-3H3. The van der Waals surface area contributed by atoms with Crippen LogP contribution in [0.4, 0.5) is 0 Å². The zero-order chi connectivity index (χ0) is 18.5. The molecule has 134 valence electrons. The van der Waals surface area contributed by atoms with E-state index >= 15 is 0 Å². The van der Waals surface area contributed by atoms with Gasteiger partial charge < -0.3 is 4.57 Å². The van der Waals surface area contributed by atoms with Crippen molar-refractivity contribution >= 4 is 27.7 Å². The fourth-order valence-corrected chi connectivity index (χ4v) is 3.62. The summed E-state index contributed by atoms with van der Waals surface area (Å²) in [5.74, 6) is 2.46. The number of pyridine rings is 1. The van der Waals surface area contributed by atoms with Crippen LogP contribution in [-0.2, 0) is 19.9 Å². The third-order valence-corrected chi connectivity index (χ3v) is 4.96. The molecule has 0 aliphatic carbocycles. The first-order valence-electron chi connectivity index (χ1n) is 8.99. The van der Waals surface area contributed by atoms with E-state index in [-0.39, 0.29) is 0 Å². The molecule has 0 spiro atoms. The van der Waals surface area contributed by atoms with Crippen molar-refractivity contribution in [3.8, 4) is 0 Å². The normalized spacial score (nSPS) is 11.8. The molecular weight excluding hydrogens is 338 g/mol. The van der Waals surface area contributed by atoms with Gasteiger partial charge in [-0.05, 0) is 44.2 Å². The molecule has 4 heterocycles. The molecule has 5 aromatic rings. The number of fused-ring (bicyclic) bond motifs is 4. The van der Waals surface area contributed by atoms with Crippen molar-refractivity contribution in [3.05, 3.63) is 59.6 Å². The molecule has 7 heteroatoms. The van der Waals surface area contributed by atoms with Gasteiger partial charge in [0.25, 0.3) is 5.78 Å². The predicted octanol–water partition coefficient (Wildman–Crippen LogP) is 2.96. The van der Waals surface area contributed by atoms with E-state index in [4.69, 9.17) is 4.98 Å². The van der Waals surface area contributed by atoms with Gasteiger partial charge in [0.15, 0.2) is 5.82 Å². The molecule has 0 N–H and O–H groups in total. The first-order chi connectivity index (χ1) is 13.1. The minimum Gasteiger partial charge on any atom is -0.331 e. The van der Waals surface area contributed by atoms with Crippen molar-refractivity contribution in [2.75, 3.05) is 0 Å². The highest BCUT2D eigenvalue weighted by molar-refractivity contribution is 6.02. The third kappa shape index (κ3) is 2.54. The highest BCUT2D eigenvalue weighted by Crippen LogP contribution is 2.24. The molecule has 0 aliphatic heterocycles. The van der Waals surface area contributed by atoms with E-state index in [1.165, 1.54) is 0 Å². The number of nitrogens with zero attached hydrogens (tertiary/aromatic N) is 7. The van der Waals surface area contributed by atoms with Crippen molar-refractivity contribution in [2.45, 2.75) is 26.7 Å². The zero-order valence-electron chi connectivity index (χ0n) is 15.5. The Balaban J connectivity index is 1.51. The average Bonchev–Trinajstić information content (AvgIpc) is 3.21. The van der Waals surface area contributed by atoms with Crippen LogP contribution in [0.2, 0.25) is 0 Å². The highest BCUT2D eigenvalue weighted by atomic mass is 15.3. The first kappa shape index (κ1) is 15.9. The van der Waals surface area contributed by atoms with Gasteiger partial charge in [-0.2, -0.15) is 4.98 Å². The second-order valence-corrected chi connectivity index (χ2v) is 6.87. The molecule has 0 aliphatic rings. The van der Waals surface area contributed by atoms with Gasteiger partial charge in [0.2, 0.25) is 0 Å². The lowest BCUT2D eigenvalue weighted by Crippen LogP contribution is -2.02. The van der Waals surface area contributed by atoms with Crippen LogP contribution >= 0.6 is 0 Å². The summed E-state index contributed by atoms with van der Waals surface area (Å²) in [5, 5.41) is 5.68. The summed E-state index contributed by atoms with van der Waals surface area (Å²) in [6, 6.07) is 10.2. The number of rotatable bonds is 3. The molecule has 0 saturated heterocycles. The van der Waals surface area contributed by atoms with Gasteiger partial charge >= 0.3 is 0 Å². The molecule has 0 fully saturated rings. The van der Waals surface area contributed by atoms with Gasteiger partial charge in [-0.1, -0.05) is 0 Å². The van der Waals surface area contributed by atoms with Crippen molar-refractivity contribution in [3.63, 3.8) is 0 Å². The summed E-state index contributed by atoms with van der Waals surface area (Å²) in [6.45, 7) is 3.99. The Morgan fingerprint density at radius 2 is 1.89 bits per heavy atom. The maximum absolute atomic E-state index is 4.89. The first-order valence-corrected chi connectivity index (χ1v) is 8.99. The van der Waals surface area contributed by atoms with Crippen molar-refractivity contribution in [1.29, 1.82) is 0 Å². The number of benzene rings is 1. The number of hydrogen-bond acceptors (Lipinski definition) is 5. The van der Waals surface area contributed by atoms with Crippen LogP contribution in [0.25, 0.3) is 27.7 Å². The lowest BCUT2D eigenvalue weighted by Gasteiger charge is -2.01. The number of aromatic nitrogens is 7. The second kappa shape index (κ2) is 5.84. The van der Waals surface area contributed by atoms with E-state index in [1.807, 2.05) is 38.2 Å². The maximum atomic E-state index is 4.89. The molecule has 27 heavy (non-hydrogen) atoms. The second-order valence-electron chi connectivity index (χ2n) is 6.87. The molecule has 0 amide bonds. The van der Waals surface area contributed by atoms with E-state index in [1.54, 1.807) is 4.52 Å². The van der Waals surface area contributed by atoms with Crippen LogP contribution in [0.3, 0.4) is 0 Å². The average molecular weight is 357 g/mol. The molecule has 0 radical (unpaired) electrons. The summed E-state index contributed by atoms with van der Waals surface area (Å²) in [7, 11) is 2.05. The largest absolute Gasteiger partial charge is 0.331 e. The number of imidazole rings is 1. The molecule has 0 atom stereocenters. The van der Waals surface area contributed by atoms with Gasteiger partial charge in [-0.15, -0.1) is 5.10 Å². The molecule has 7 nitrogen and oxygen atoms in total. The lowest BCUT2D eigenvalue weighted by atomic mass is 10.2. The summed E-state index contributed by atoms with van der Waals surface area (Å²) in [5.41, 5.74) is 5.07. The quantitative estimate of drug-likeness (QED) is 0.496. The van der Waals surface area contributed by atoms with Crippen molar-refractivity contribution in [2.24, 2.45) is 7.05 Å². The fourth-order valence-electron chi connectivity index (χ4n) is 3.62. The van der Waals surface area contributed by atoms with Gasteiger partial charge in [-0.3, -0.25) is 4.98 Å². The fraction of sp³-hybridized carbons (Fsp3) is 0.250. The van der Waals surface area contributed by atoms with Crippen molar-refractivity contribution in [1.82, 2.24) is 34.1 Å². The maximum Gasteiger partial charge on any atom is 0.252 e. The Bertz CT molecular complexity index is 1310. The van der Waals surface area contributed by atoms with Gasteiger partial charge in [-0.25, -0.2) is 14.5 Å². The summed E-state index contributed by atoms with van der Waals surface area (Å²) in [6.07, 6.45) is 3.29. The van der Waals surface area contributed by atoms with Crippen LogP contribution in [-0.4, -0.2) is 34.1 Å². The zero-order valence-corrected chi connectivity index (χ0v) is 15.5. The third-order valence-electron chi connectivity index (χ3n) is 4.96. The Morgan fingerprint density at radius 1 is 1.00 bits per heavy atom. The molecule has 0 bridgehead atoms. The minimum atomic E-state index is 0.657. The molecule has 0 saturated carbocycles. The Morgan fingerprint density at radius 3 is 2.78 bits per heavy atom. The van der Waals surface area contributed by atoms with E-state index in [0.29, 0.717) is 5.78 Å². The molecular formula is C20H19N7. The van der Waals surface area contributed by atoms with E-state index < -0.39 is 0 Å². The van der Waals surface area contributed by atoms with Crippen LogP contribution in [0, 0.1) is 13.8 Å². The van der Waals surface area contributed by atoms with Crippen LogP contribution in [0.1, 0.15) is 23.0 Å². The molecule has 5 rings (SSSR count). The van der Waals surface area contributed by atoms with Gasteiger partial charge in [0.1, 0.15) is 5.82 Å². The Hall–Kier alpha value is -3.35. The SMILES string of the molecule is Cc1cc(C)n2nc(CCc3nc4c5cccnc5ccc4n3C)nc2n1. The van der Waals surface area contributed by atoms with Crippen LogP contribution < -0.4 is 0 Å². The highest BCUT2D eigenvalue weighted by Gasteiger charge is 2.13. The van der Waals surface area contributed by atoms with Crippen LogP contribution in [0.15, 0.2) is 36.5 Å². The Labute approximate surface area is 155 Å². The summed E-state index contributed by atoms with van der Waals surface area (Å²) >= 11 is 0. The number of hydrogen-bond donors (Lipinski definition) is 0. The molecule has 4 aromatic heterocycles. The van der Waals surface area contributed by atoms with Crippen molar-refractivity contribution < 1.29 is 0 Å². The van der Waals surface area contributed by atoms with Gasteiger partial charge in [0, 0.05) is 42.9 Å². The van der Waals surface area contributed by atoms with E-state index in [9.17, 15) is 0 Å². The predicted molar refractivity (Wildman–Crippen MR) is 104 cm³/mol. The molecule has 1 aromatic carbocycles. The van der Waals surface area contributed by atoms with E-state index in [2.05, 4.69) is 43.8 Å². The molecule has 0 unspecified atom stereocenters. The van der Waals surface area contributed by atoms with Gasteiger partial charge in [0.05, 0.1) is 16.6 Å². The van der Waals surface area contributed by atoms with Crippen LogP contribution in [0.5, 0.6) is 0 Å². The smallest absolute Gasteiger partial charge is 0.252 e. The van der Waals surface area contributed by atoms with E-state index in [0.717, 1.165) is 57.8 Å². The summed E-state index contributed by atoms with van der Waals surface area (Å²) in [4.78, 5) is 18.3. The lowest BCUT2D eigenvalue weighted by molar-refractivity contribution is 0.752. The monoisotopic (exact) mass is 357 g/mol. The topological polar surface area (TPSA) is 73.8 Å². The minimum absolute atomic E-state index is 0.657. The summed E-state index contributed by atoms with van der Waals surface area (Å²) < 4.78 is 3.95. The number of aryl methyl sites for hydroxylation is 5. The Kier molecular flexibility index (Phi) is 3.43.